The lowest BCUT2D eigenvalue weighted by Gasteiger charge is -2.18. The molecule has 68 valence electrons. The third-order valence-corrected chi connectivity index (χ3v) is 2.10. The Labute approximate surface area is 67.9 Å². The largest absolute Gasteiger partial charge is 0.393 e. The predicted octanol–water partition coefficient (Wildman–Crippen LogP) is 1.66. The standard InChI is InChI=1S/C8H18O3/c1-3-7(4-2)8(9)5-6-11-10/h7-10H,3-6H2,1-2H3. The average molecular weight is 162 g/mol. The first kappa shape index (κ1) is 10.9. The van der Waals surface area contributed by atoms with E-state index in [4.69, 9.17) is 5.26 Å². The lowest BCUT2D eigenvalue weighted by atomic mass is 9.95. The molecule has 0 heterocycles. The third kappa shape index (κ3) is 4.35. The van der Waals surface area contributed by atoms with Gasteiger partial charge < -0.3 is 5.11 Å². The first-order valence-corrected chi connectivity index (χ1v) is 4.20. The van der Waals surface area contributed by atoms with Crippen molar-refractivity contribution < 1.29 is 15.3 Å². The molecule has 0 fully saturated rings. The number of hydrogen-bond acceptors (Lipinski definition) is 3. The highest BCUT2D eigenvalue weighted by Gasteiger charge is 2.14. The van der Waals surface area contributed by atoms with Crippen LogP contribution >= 0.6 is 0 Å². The molecule has 0 aromatic carbocycles. The fourth-order valence-electron chi connectivity index (χ4n) is 1.24. The van der Waals surface area contributed by atoms with Crippen LogP contribution in [0.25, 0.3) is 0 Å². The Morgan fingerprint density at radius 1 is 1.27 bits per heavy atom. The van der Waals surface area contributed by atoms with Crippen molar-refractivity contribution in [3.05, 3.63) is 0 Å². The number of hydrogen-bond donors (Lipinski definition) is 2. The molecule has 2 N–H and O–H groups in total. The normalized spacial score (nSPS) is 13.9. The Balaban J connectivity index is 3.51. The molecular weight excluding hydrogens is 144 g/mol. The van der Waals surface area contributed by atoms with Crippen molar-refractivity contribution in [3.8, 4) is 0 Å². The average Bonchev–Trinajstić information content (AvgIpc) is 2.03. The van der Waals surface area contributed by atoms with Crippen LogP contribution in [0.15, 0.2) is 0 Å². The molecule has 0 aromatic rings. The highest BCUT2D eigenvalue weighted by atomic mass is 17.1. The van der Waals surface area contributed by atoms with Gasteiger partial charge in [0.05, 0.1) is 12.7 Å². The fourth-order valence-corrected chi connectivity index (χ4v) is 1.24. The van der Waals surface area contributed by atoms with Gasteiger partial charge in [0.15, 0.2) is 0 Å². The van der Waals surface area contributed by atoms with E-state index >= 15 is 0 Å². The zero-order valence-electron chi connectivity index (χ0n) is 7.29. The number of aliphatic hydroxyl groups is 1. The minimum absolute atomic E-state index is 0.220. The van der Waals surface area contributed by atoms with E-state index in [9.17, 15) is 5.11 Å². The second-order valence-corrected chi connectivity index (χ2v) is 2.77. The molecule has 0 rings (SSSR count). The maximum absolute atomic E-state index is 9.45. The summed E-state index contributed by atoms with van der Waals surface area (Å²) < 4.78 is 0. The maximum atomic E-state index is 9.45. The molecule has 1 unspecified atom stereocenters. The molecule has 0 amide bonds. The van der Waals surface area contributed by atoms with Gasteiger partial charge in [-0.1, -0.05) is 26.7 Å². The van der Waals surface area contributed by atoms with Gasteiger partial charge in [-0.15, -0.1) is 0 Å². The van der Waals surface area contributed by atoms with Crippen LogP contribution in [0.2, 0.25) is 0 Å². The van der Waals surface area contributed by atoms with E-state index in [0.29, 0.717) is 12.3 Å². The molecule has 0 saturated heterocycles. The maximum Gasteiger partial charge on any atom is 0.0844 e. The van der Waals surface area contributed by atoms with Gasteiger partial charge in [0, 0.05) is 6.42 Å². The Morgan fingerprint density at radius 3 is 2.18 bits per heavy atom. The van der Waals surface area contributed by atoms with Gasteiger partial charge in [-0.2, -0.15) is 0 Å². The van der Waals surface area contributed by atoms with Crippen molar-refractivity contribution in [1.29, 1.82) is 0 Å². The predicted molar refractivity (Wildman–Crippen MR) is 43.3 cm³/mol. The van der Waals surface area contributed by atoms with Gasteiger partial charge in [0.25, 0.3) is 0 Å². The number of rotatable bonds is 6. The Hall–Kier alpha value is -0.120. The number of aliphatic hydroxyl groups excluding tert-OH is 1. The molecule has 0 aliphatic heterocycles. The highest BCUT2D eigenvalue weighted by molar-refractivity contribution is 4.65. The van der Waals surface area contributed by atoms with Crippen molar-refractivity contribution in [3.63, 3.8) is 0 Å². The van der Waals surface area contributed by atoms with Gasteiger partial charge in [0.1, 0.15) is 0 Å². The molecule has 1 atom stereocenters. The lowest BCUT2D eigenvalue weighted by Crippen LogP contribution is -2.20. The third-order valence-electron chi connectivity index (χ3n) is 2.10. The summed E-state index contributed by atoms with van der Waals surface area (Å²) >= 11 is 0. The van der Waals surface area contributed by atoms with Crippen LogP contribution in [0.3, 0.4) is 0 Å². The van der Waals surface area contributed by atoms with Gasteiger partial charge in [0.2, 0.25) is 0 Å². The van der Waals surface area contributed by atoms with Crippen molar-refractivity contribution in [2.24, 2.45) is 5.92 Å². The van der Waals surface area contributed by atoms with Crippen molar-refractivity contribution >= 4 is 0 Å². The summed E-state index contributed by atoms with van der Waals surface area (Å²) in [7, 11) is 0. The van der Waals surface area contributed by atoms with E-state index in [1.54, 1.807) is 0 Å². The van der Waals surface area contributed by atoms with E-state index in [2.05, 4.69) is 18.7 Å². The molecule has 3 heteroatoms. The smallest absolute Gasteiger partial charge is 0.0844 e. The van der Waals surface area contributed by atoms with E-state index in [1.165, 1.54) is 0 Å². The minimum Gasteiger partial charge on any atom is -0.393 e. The zero-order chi connectivity index (χ0) is 8.69. The van der Waals surface area contributed by atoms with Crippen LogP contribution in [0, 0.1) is 5.92 Å². The lowest BCUT2D eigenvalue weighted by molar-refractivity contribution is -0.246. The van der Waals surface area contributed by atoms with Crippen molar-refractivity contribution in [1.82, 2.24) is 0 Å². The Bertz CT molecular complexity index is 81.4. The monoisotopic (exact) mass is 162 g/mol. The van der Waals surface area contributed by atoms with E-state index < -0.39 is 0 Å². The summed E-state index contributed by atoms with van der Waals surface area (Å²) in [5, 5.41) is 17.5. The van der Waals surface area contributed by atoms with Crippen LogP contribution in [0.4, 0.5) is 0 Å². The summed E-state index contributed by atoms with van der Waals surface area (Å²) in [5.74, 6) is 0.338. The summed E-state index contributed by atoms with van der Waals surface area (Å²) in [6.45, 7) is 4.33. The fraction of sp³-hybridized carbons (Fsp3) is 1.00. The topological polar surface area (TPSA) is 49.7 Å². The summed E-state index contributed by atoms with van der Waals surface area (Å²) in [5.41, 5.74) is 0. The highest BCUT2D eigenvalue weighted by Crippen LogP contribution is 2.15. The Kier molecular flexibility index (Phi) is 6.51. The molecule has 0 aromatic heterocycles. The van der Waals surface area contributed by atoms with E-state index in [-0.39, 0.29) is 12.7 Å². The minimum atomic E-state index is -0.336. The van der Waals surface area contributed by atoms with Crippen LogP contribution in [0.5, 0.6) is 0 Å². The van der Waals surface area contributed by atoms with Crippen LogP contribution in [-0.2, 0) is 4.89 Å². The quantitative estimate of drug-likeness (QED) is 0.461. The van der Waals surface area contributed by atoms with Gasteiger partial charge in [-0.25, -0.2) is 4.89 Å². The van der Waals surface area contributed by atoms with Gasteiger partial charge >= 0.3 is 0 Å². The van der Waals surface area contributed by atoms with E-state index in [0.717, 1.165) is 12.8 Å². The Morgan fingerprint density at radius 2 is 1.82 bits per heavy atom. The first-order chi connectivity index (χ1) is 5.26. The molecule has 0 aliphatic carbocycles. The first-order valence-electron chi connectivity index (χ1n) is 4.20. The molecule has 0 saturated carbocycles. The molecule has 11 heavy (non-hydrogen) atoms. The molecule has 0 radical (unpaired) electrons. The van der Waals surface area contributed by atoms with E-state index in [1.807, 2.05) is 0 Å². The van der Waals surface area contributed by atoms with Crippen molar-refractivity contribution in [2.75, 3.05) is 6.61 Å². The second kappa shape index (κ2) is 6.58. The molecular formula is C8H18O3. The molecule has 0 bridgehead atoms. The zero-order valence-corrected chi connectivity index (χ0v) is 7.29. The second-order valence-electron chi connectivity index (χ2n) is 2.77. The van der Waals surface area contributed by atoms with Crippen LogP contribution in [0.1, 0.15) is 33.1 Å². The summed E-state index contributed by atoms with van der Waals surface area (Å²) in [6, 6.07) is 0. The SMILES string of the molecule is CCC(CC)C(O)CCOO. The molecule has 0 aliphatic rings. The van der Waals surface area contributed by atoms with Gasteiger partial charge in [-0.05, 0) is 5.92 Å². The van der Waals surface area contributed by atoms with Gasteiger partial charge in [-0.3, -0.25) is 5.26 Å². The summed E-state index contributed by atoms with van der Waals surface area (Å²) in [6.07, 6.45) is 2.13. The molecule has 0 spiro atoms. The summed E-state index contributed by atoms with van der Waals surface area (Å²) in [4.78, 5) is 3.89. The molecule has 3 nitrogen and oxygen atoms in total. The van der Waals surface area contributed by atoms with Crippen LogP contribution < -0.4 is 0 Å². The van der Waals surface area contributed by atoms with Crippen LogP contribution in [-0.4, -0.2) is 23.1 Å². The van der Waals surface area contributed by atoms with Crippen molar-refractivity contribution in [2.45, 2.75) is 39.2 Å².